The van der Waals surface area contributed by atoms with Crippen molar-refractivity contribution in [2.75, 3.05) is 0 Å². The average Bonchev–Trinajstić information content (AvgIpc) is 2.70. The van der Waals surface area contributed by atoms with Crippen LogP contribution in [0.3, 0.4) is 0 Å². The van der Waals surface area contributed by atoms with Gasteiger partial charge >= 0.3 is 0 Å². The molecule has 0 aliphatic heterocycles. The Morgan fingerprint density at radius 1 is 1.59 bits per heavy atom. The third kappa shape index (κ3) is 2.05. The van der Waals surface area contributed by atoms with E-state index in [0.717, 1.165) is 5.69 Å². The number of hydrogen-bond acceptors (Lipinski definition) is 4. The van der Waals surface area contributed by atoms with Crippen molar-refractivity contribution in [1.82, 2.24) is 19.7 Å². The maximum atomic E-state index is 5.95. The fourth-order valence-electron chi connectivity index (χ4n) is 1.68. The third-order valence-corrected chi connectivity index (χ3v) is 3.71. The molecule has 2 aromatic heterocycles. The van der Waals surface area contributed by atoms with E-state index in [1.165, 1.54) is 0 Å². The summed E-state index contributed by atoms with van der Waals surface area (Å²) in [7, 11) is 1.92. The summed E-state index contributed by atoms with van der Waals surface area (Å²) in [5, 5.41) is 3.90. The van der Waals surface area contributed by atoms with Crippen molar-refractivity contribution >= 4 is 23.2 Å². The number of hydrogen-bond donors (Lipinski definition) is 0. The Balaban J connectivity index is 1.76. The highest BCUT2D eigenvalue weighted by Gasteiger charge is 2.55. The van der Waals surface area contributed by atoms with Gasteiger partial charge in [-0.15, -0.1) is 23.2 Å². The molecule has 7 heteroatoms. The third-order valence-electron chi connectivity index (χ3n) is 2.87. The molecule has 0 bridgehead atoms. The lowest BCUT2D eigenvalue weighted by atomic mass is 10.3. The van der Waals surface area contributed by atoms with E-state index < -0.39 is 4.33 Å². The van der Waals surface area contributed by atoms with Crippen LogP contribution in [0.15, 0.2) is 17.0 Å². The summed E-state index contributed by atoms with van der Waals surface area (Å²) < 4.78 is 6.36. The van der Waals surface area contributed by atoms with Gasteiger partial charge in [0.05, 0.1) is 18.7 Å². The van der Waals surface area contributed by atoms with Crippen LogP contribution in [0.5, 0.6) is 0 Å². The van der Waals surface area contributed by atoms with E-state index in [-0.39, 0.29) is 5.92 Å². The van der Waals surface area contributed by atoms with Gasteiger partial charge in [-0.25, -0.2) is 4.98 Å². The van der Waals surface area contributed by atoms with Gasteiger partial charge in [0.15, 0.2) is 5.82 Å². The molecule has 5 nitrogen and oxygen atoms in total. The summed E-state index contributed by atoms with van der Waals surface area (Å²) in [6.45, 7) is 0. The summed E-state index contributed by atoms with van der Waals surface area (Å²) >= 11 is 11.9. The van der Waals surface area contributed by atoms with Crippen molar-refractivity contribution < 1.29 is 4.52 Å². The Labute approximate surface area is 108 Å². The van der Waals surface area contributed by atoms with Crippen molar-refractivity contribution in [3.63, 3.8) is 0 Å². The van der Waals surface area contributed by atoms with E-state index in [1.807, 2.05) is 11.6 Å². The average molecular weight is 273 g/mol. The number of imidazole rings is 1. The van der Waals surface area contributed by atoms with Gasteiger partial charge < -0.3 is 9.09 Å². The summed E-state index contributed by atoms with van der Waals surface area (Å²) in [6.07, 6.45) is 4.75. The second kappa shape index (κ2) is 3.71. The number of rotatable bonds is 3. The maximum absolute atomic E-state index is 5.95. The number of alkyl halides is 2. The van der Waals surface area contributed by atoms with E-state index >= 15 is 0 Å². The number of aromatic nitrogens is 4. The number of aryl methyl sites for hydroxylation is 1. The lowest BCUT2D eigenvalue weighted by Gasteiger charge is -1.96. The molecule has 1 aliphatic carbocycles. The molecule has 0 radical (unpaired) electrons. The summed E-state index contributed by atoms with van der Waals surface area (Å²) in [5.74, 6) is 1.14. The first kappa shape index (κ1) is 11.0. The fraction of sp³-hybridized carbons (Fsp3) is 0.500. The van der Waals surface area contributed by atoms with Gasteiger partial charge in [0.2, 0.25) is 5.89 Å². The quantitative estimate of drug-likeness (QED) is 0.803. The molecule has 2 heterocycles. The number of nitrogens with zero attached hydrogens (tertiary/aromatic N) is 4. The first-order chi connectivity index (χ1) is 8.06. The molecule has 2 aromatic rings. The Morgan fingerprint density at radius 2 is 2.35 bits per heavy atom. The van der Waals surface area contributed by atoms with Gasteiger partial charge in [0, 0.05) is 18.9 Å². The summed E-state index contributed by atoms with van der Waals surface area (Å²) in [4.78, 5) is 8.32. The van der Waals surface area contributed by atoms with Crippen molar-refractivity contribution in [2.45, 2.75) is 23.1 Å². The highest BCUT2D eigenvalue weighted by Crippen LogP contribution is 2.58. The highest BCUT2D eigenvalue weighted by atomic mass is 35.5. The maximum Gasteiger partial charge on any atom is 0.232 e. The standard InChI is InChI=1S/C10H10Cl2N4O/c1-16-5-13-4-6(16)2-8-14-9(15-17-8)7-3-10(7,11)12/h4-5,7H,2-3H2,1H3. The minimum absolute atomic E-state index is 0.00475. The van der Waals surface area contributed by atoms with Crippen LogP contribution in [-0.4, -0.2) is 24.0 Å². The first-order valence-corrected chi connectivity index (χ1v) is 5.97. The topological polar surface area (TPSA) is 56.7 Å². The van der Waals surface area contributed by atoms with E-state index in [9.17, 15) is 0 Å². The molecule has 17 heavy (non-hydrogen) atoms. The number of halogens is 2. The molecule has 0 spiro atoms. The lowest BCUT2D eigenvalue weighted by Crippen LogP contribution is -1.97. The molecule has 0 saturated heterocycles. The van der Waals surface area contributed by atoms with Crippen molar-refractivity contribution in [1.29, 1.82) is 0 Å². The highest BCUT2D eigenvalue weighted by molar-refractivity contribution is 6.51. The van der Waals surface area contributed by atoms with E-state index in [4.69, 9.17) is 27.7 Å². The van der Waals surface area contributed by atoms with Gasteiger partial charge in [0.1, 0.15) is 4.33 Å². The normalized spacial score (nSPS) is 21.7. The molecule has 1 atom stereocenters. The molecule has 90 valence electrons. The van der Waals surface area contributed by atoms with E-state index in [1.54, 1.807) is 12.5 Å². The Morgan fingerprint density at radius 3 is 2.94 bits per heavy atom. The van der Waals surface area contributed by atoms with Gasteiger partial charge in [-0.2, -0.15) is 4.98 Å². The predicted molar refractivity (Wildman–Crippen MR) is 62.1 cm³/mol. The lowest BCUT2D eigenvalue weighted by molar-refractivity contribution is 0.378. The van der Waals surface area contributed by atoms with Crippen LogP contribution in [0, 0.1) is 0 Å². The second-order valence-corrected chi connectivity index (χ2v) is 5.78. The molecule has 1 aliphatic rings. The van der Waals surface area contributed by atoms with Gasteiger partial charge in [-0.1, -0.05) is 5.16 Å². The van der Waals surface area contributed by atoms with Crippen LogP contribution in [0.1, 0.15) is 29.7 Å². The Bertz CT molecular complexity index is 548. The predicted octanol–water partition coefficient (Wildman–Crippen LogP) is 2.06. The molecule has 1 fully saturated rings. The summed E-state index contributed by atoms with van der Waals surface area (Å²) in [5.41, 5.74) is 1.01. The first-order valence-electron chi connectivity index (χ1n) is 5.22. The minimum atomic E-state index is -0.715. The molecule has 0 aromatic carbocycles. The van der Waals surface area contributed by atoms with Crippen LogP contribution >= 0.6 is 23.2 Å². The largest absolute Gasteiger partial charge is 0.339 e. The van der Waals surface area contributed by atoms with Crippen LogP contribution in [0.2, 0.25) is 0 Å². The van der Waals surface area contributed by atoms with Crippen molar-refractivity contribution in [2.24, 2.45) is 7.05 Å². The van der Waals surface area contributed by atoms with Crippen molar-refractivity contribution in [3.8, 4) is 0 Å². The molecule has 1 saturated carbocycles. The Hall–Kier alpha value is -1.07. The SMILES string of the molecule is Cn1cncc1Cc1nc(C2CC2(Cl)Cl)no1. The zero-order chi connectivity index (χ0) is 12.0. The van der Waals surface area contributed by atoms with Crippen molar-refractivity contribution in [3.05, 3.63) is 29.9 Å². The van der Waals surface area contributed by atoms with E-state index in [0.29, 0.717) is 24.6 Å². The molecule has 1 unspecified atom stereocenters. The van der Waals surface area contributed by atoms with Gasteiger partial charge in [0.25, 0.3) is 0 Å². The fourth-order valence-corrected chi connectivity index (χ4v) is 2.19. The van der Waals surface area contributed by atoms with Crippen LogP contribution in [-0.2, 0) is 13.5 Å². The van der Waals surface area contributed by atoms with E-state index in [2.05, 4.69) is 15.1 Å². The van der Waals surface area contributed by atoms with Crippen LogP contribution in [0.4, 0.5) is 0 Å². The minimum Gasteiger partial charge on any atom is -0.339 e. The zero-order valence-electron chi connectivity index (χ0n) is 9.10. The van der Waals surface area contributed by atoms with Crippen LogP contribution < -0.4 is 0 Å². The molecule has 3 rings (SSSR count). The molecule has 0 N–H and O–H groups in total. The van der Waals surface area contributed by atoms with Crippen LogP contribution in [0.25, 0.3) is 0 Å². The zero-order valence-corrected chi connectivity index (χ0v) is 10.6. The van der Waals surface area contributed by atoms with Gasteiger partial charge in [-0.3, -0.25) is 0 Å². The molecular weight excluding hydrogens is 263 g/mol. The van der Waals surface area contributed by atoms with Gasteiger partial charge in [-0.05, 0) is 6.42 Å². The molecular formula is C10H10Cl2N4O. The monoisotopic (exact) mass is 272 g/mol. The Kier molecular flexibility index (Phi) is 2.41. The summed E-state index contributed by atoms with van der Waals surface area (Å²) in [6, 6.07) is 0. The second-order valence-electron chi connectivity index (χ2n) is 4.24. The smallest absolute Gasteiger partial charge is 0.232 e. The molecule has 0 amide bonds.